The third kappa shape index (κ3) is 12.6. The Hall–Kier alpha value is -9.22. The fraction of sp³-hybridized carbons (Fsp3) is 0.206. The van der Waals surface area contributed by atoms with Gasteiger partial charge in [0, 0.05) is 101 Å². The van der Waals surface area contributed by atoms with E-state index in [0.29, 0.717) is 123 Å². The van der Waals surface area contributed by atoms with Crippen LogP contribution in [0.25, 0.3) is 44.3 Å². The van der Waals surface area contributed by atoms with Crippen molar-refractivity contribution in [3.8, 4) is 22.5 Å². The Balaban J connectivity index is 0.000000191. The van der Waals surface area contributed by atoms with Crippen LogP contribution in [0.4, 0.5) is 23.3 Å². The molecule has 4 N–H and O–H groups in total. The van der Waals surface area contributed by atoms with Crippen LogP contribution in [-0.4, -0.2) is 110 Å². The largest absolute Gasteiger partial charge is 0.399 e. The maximum atomic E-state index is 13.6. The first-order valence-electron chi connectivity index (χ1n) is 27.5. The number of fused-ring (bicyclic) bond motifs is 2. The van der Waals surface area contributed by atoms with Crippen LogP contribution in [0, 0.1) is 24.0 Å². The molecule has 6 heterocycles. The van der Waals surface area contributed by atoms with E-state index in [9.17, 15) is 36.5 Å². The summed E-state index contributed by atoms with van der Waals surface area (Å²) in [6.45, 7) is 5.65. The molecular formula is C63H60Cl2N12O8S2. The predicted octanol–water partition coefficient (Wildman–Crippen LogP) is 12.2. The second-order valence-electron chi connectivity index (χ2n) is 20.9. The van der Waals surface area contributed by atoms with E-state index in [4.69, 9.17) is 38.9 Å². The Morgan fingerprint density at radius 3 is 1.37 bits per heavy atom. The number of benzene rings is 6. The van der Waals surface area contributed by atoms with Crippen LogP contribution in [0.15, 0.2) is 180 Å². The van der Waals surface area contributed by atoms with Gasteiger partial charge in [0.05, 0.1) is 59.6 Å². The second kappa shape index (κ2) is 25.4. The van der Waals surface area contributed by atoms with Crippen LogP contribution < -0.4 is 16.4 Å². The second-order valence-corrected chi connectivity index (χ2v) is 25.3. The molecule has 12 rings (SSSR count). The highest BCUT2D eigenvalue weighted by Crippen LogP contribution is 2.38. The van der Waals surface area contributed by atoms with E-state index in [1.807, 2.05) is 42.2 Å². The maximum Gasteiger partial charge on any atom is 0.272 e. The number of piperidine rings is 2. The molecule has 0 unspecified atom stereocenters. The van der Waals surface area contributed by atoms with Crippen molar-refractivity contribution < 1.29 is 31.3 Å². The van der Waals surface area contributed by atoms with Crippen molar-refractivity contribution in [1.29, 1.82) is 0 Å². The number of para-hydroxylation sites is 2. The molecule has 446 valence electrons. The number of anilines is 3. The number of nitro groups is 1. The number of carbonyl (C=O) groups is 2. The summed E-state index contributed by atoms with van der Waals surface area (Å²) in [5.74, 6) is 0.538. The fourth-order valence-electron chi connectivity index (χ4n) is 10.7. The minimum atomic E-state index is -3.89. The highest BCUT2D eigenvalue weighted by atomic mass is 35.5. The number of likely N-dealkylation sites (tertiary alicyclic amines) is 2. The first-order valence-corrected chi connectivity index (χ1v) is 31.1. The van der Waals surface area contributed by atoms with Gasteiger partial charge in [0.1, 0.15) is 0 Å². The maximum absolute atomic E-state index is 13.6. The molecular weight excluding hydrogens is 1190 g/mol. The van der Waals surface area contributed by atoms with Crippen molar-refractivity contribution >= 4 is 100 Å². The predicted molar refractivity (Wildman–Crippen MR) is 339 cm³/mol. The fourth-order valence-corrected chi connectivity index (χ4v) is 13.9. The van der Waals surface area contributed by atoms with Gasteiger partial charge in [0.25, 0.3) is 37.5 Å². The van der Waals surface area contributed by atoms with Gasteiger partial charge in [0.2, 0.25) is 11.9 Å². The summed E-state index contributed by atoms with van der Waals surface area (Å²) < 4.78 is 56.7. The summed E-state index contributed by atoms with van der Waals surface area (Å²) >= 11 is 13.2. The summed E-state index contributed by atoms with van der Waals surface area (Å²) in [6.07, 6.45) is 8.81. The SMILES string of the molecule is C.Cc1cc(C(=O)N2CCC(Nc3ncc(Cl)c(-c4cn(S(=O)(=O)c5ccccc5)c5ccccc45)n3)CC2)ccc1N.Cc1cc(C(=O)N2CCC(Nc3ncc(Cl)c(-c4cn(S(=O)(=O)c5ccccc5)c5ccccc45)n3)CC2)ccc1[N+](=O)[O-]. The molecule has 4 aromatic heterocycles. The van der Waals surface area contributed by atoms with Gasteiger partial charge in [-0.05, 0) is 112 Å². The number of nitrogens with two attached hydrogens (primary N) is 1. The zero-order valence-electron chi connectivity index (χ0n) is 46.4. The molecule has 0 radical (unpaired) electrons. The van der Waals surface area contributed by atoms with E-state index in [1.54, 1.807) is 121 Å². The van der Waals surface area contributed by atoms with Crippen LogP contribution in [-0.2, 0) is 20.0 Å². The van der Waals surface area contributed by atoms with Crippen LogP contribution in [0.2, 0.25) is 10.0 Å². The van der Waals surface area contributed by atoms with Gasteiger partial charge in [0.15, 0.2) is 0 Å². The number of nitrogens with one attached hydrogen (secondary N) is 2. The number of aryl methyl sites for hydroxylation is 2. The summed E-state index contributed by atoms with van der Waals surface area (Å²) in [5, 5.41) is 19.8. The summed E-state index contributed by atoms with van der Waals surface area (Å²) in [6, 6.07) is 40.7. The molecule has 24 heteroatoms. The molecule has 0 spiro atoms. The quantitative estimate of drug-likeness (QED) is 0.0550. The van der Waals surface area contributed by atoms with Gasteiger partial charge in [-0.1, -0.05) is 103 Å². The smallest absolute Gasteiger partial charge is 0.272 e. The number of nitrogen functional groups attached to an aromatic ring is 1. The normalized spacial score (nSPS) is 14.0. The Morgan fingerprint density at radius 2 is 0.966 bits per heavy atom. The highest BCUT2D eigenvalue weighted by Gasteiger charge is 2.30. The number of nitro benzene ring substituents is 1. The van der Waals surface area contributed by atoms with E-state index in [2.05, 4.69) is 20.6 Å². The third-order valence-corrected chi connectivity index (χ3v) is 19.3. The van der Waals surface area contributed by atoms with Gasteiger partial charge in [-0.3, -0.25) is 19.7 Å². The van der Waals surface area contributed by atoms with Crippen molar-refractivity contribution in [3.05, 3.63) is 213 Å². The molecule has 2 amide bonds. The summed E-state index contributed by atoms with van der Waals surface area (Å²) in [4.78, 5) is 58.8. The Kier molecular flexibility index (Phi) is 17.8. The number of hydrogen-bond acceptors (Lipinski definition) is 15. The number of carbonyl (C=O) groups excluding carboxylic acids is 2. The highest BCUT2D eigenvalue weighted by molar-refractivity contribution is 7.90. The number of hydrogen-bond donors (Lipinski definition) is 3. The molecule has 2 aliphatic rings. The summed E-state index contributed by atoms with van der Waals surface area (Å²) in [5.41, 5.74) is 11.9. The van der Waals surface area contributed by atoms with E-state index in [0.717, 1.165) is 18.4 Å². The summed E-state index contributed by atoms with van der Waals surface area (Å²) in [7, 11) is -7.75. The van der Waals surface area contributed by atoms with Crippen LogP contribution in [0.3, 0.4) is 0 Å². The zero-order chi connectivity index (χ0) is 60.4. The minimum Gasteiger partial charge on any atom is -0.399 e. The molecule has 87 heavy (non-hydrogen) atoms. The first-order chi connectivity index (χ1) is 41.3. The molecule has 0 bridgehead atoms. The van der Waals surface area contributed by atoms with E-state index in [1.165, 1.54) is 38.7 Å². The average Bonchev–Trinajstić information content (AvgIpc) is 1.75. The molecule has 2 aliphatic heterocycles. The van der Waals surface area contributed by atoms with Crippen molar-refractivity contribution in [1.82, 2.24) is 37.7 Å². The lowest BCUT2D eigenvalue weighted by molar-refractivity contribution is -0.385. The molecule has 2 saturated heterocycles. The topological polar surface area (TPSA) is 264 Å². The average molecular weight is 1250 g/mol. The molecule has 0 aliphatic carbocycles. The number of rotatable bonds is 13. The first kappa shape index (κ1) is 60.9. The van der Waals surface area contributed by atoms with E-state index >= 15 is 0 Å². The van der Waals surface area contributed by atoms with Gasteiger partial charge in [-0.25, -0.2) is 44.7 Å². The number of aromatic nitrogens is 6. The lowest BCUT2D eigenvalue weighted by atomic mass is 10.0. The van der Waals surface area contributed by atoms with E-state index < -0.39 is 25.0 Å². The van der Waals surface area contributed by atoms with Crippen LogP contribution in [0.1, 0.15) is 65.0 Å². The third-order valence-electron chi connectivity index (χ3n) is 15.3. The molecule has 6 aromatic carbocycles. The Morgan fingerprint density at radius 1 is 0.575 bits per heavy atom. The van der Waals surface area contributed by atoms with Crippen molar-refractivity contribution in [2.75, 3.05) is 42.5 Å². The molecule has 0 saturated carbocycles. The number of nitrogens with zero attached hydrogens (tertiary/aromatic N) is 9. The Labute approximate surface area is 512 Å². The number of amides is 2. The molecule has 0 atom stereocenters. The minimum absolute atomic E-state index is 0. The van der Waals surface area contributed by atoms with Crippen LogP contribution in [0.5, 0.6) is 0 Å². The number of halogens is 2. The van der Waals surface area contributed by atoms with E-state index in [-0.39, 0.29) is 51.8 Å². The van der Waals surface area contributed by atoms with Crippen LogP contribution >= 0.6 is 23.2 Å². The van der Waals surface area contributed by atoms with Gasteiger partial charge in [-0.2, -0.15) is 0 Å². The zero-order valence-corrected chi connectivity index (χ0v) is 49.6. The molecule has 2 fully saturated rings. The lowest BCUT2D eigenvalue weighted by Crippen LogP contribution is -2.42. The Bertz CT molecular complexity index is 4480. The monoisotopic (exact) mass is 1250 g/mol. The lowest BCUT2D eigenvalue weighted by Gasteiger charge is -2.32. The van der Waals surface area contributed by atoms with Crippen molar-refractivity contribution in [3.63, 3.8) is 0 Å². The molecule has 10 aromatic rings. The van der Waals surface area contributed by atoms with Crippen molar-refractivity contribution in [2.24, 2.45) is 0 Å². The van der Waals surface area contributed by atoms with Gasteiger partial charge in [-0.15, -0.1) is 0 Å². The molecule has 20 nitrogen and oxygen atoms in total. The standard InChI is InChI=1S/C31H27ClN6O5S.C31H29ClN6O3S.CH4/c1-20-17-21(11-12-27(20)38(40)41)30(39)36-15-13-22(14-16-36)34-31-33-18-26(32)29(35-31)25-19-37(28-10-6-5-9-24(25)28)44(42,43)23-7-3-2-4-8-23;1-20-17-21(11-12-27(20)33)30(39)37-15-13-22(14-16-37)35-31-34-18-26(32)29(36-31)25-19-38(28-10-6-5-9-24(25)28)42(40,41)23-7-3-2-4-8-23;/h2-12,17-19,22H,13-16H2,1H3,(H,33,34,35);2-12,17-19,22H,13-16,33H2,1H3,(H,34,35,36);1H4. The van der Waals surface area contributed by atoms with Gasteiger partial charge >= 0.3 is 0 Å². The van der Waals surface area contributed by atoms with Gasteiger partial charge < -0.3 is 26.2 Å². The van der Waals surface area contributed by atoms with Crippen molar-refractivity contribution in [2.45, 2.75) is 68.8 Å².